The first kappa shape index (κ1) is 16.6. The summed E-state index contributed by atoms with van der Waals surface area (Å²) in [6, 6.07) is 9.45. The van der Waals surface area contributed by atoms with Gasteiger partial charge in [-0.3, -0.25) is 9.69 Å². The van der Waals surface area contributed by atoms with Gasteiger partial charge in [0.05, 0.1) is 6.54 Å². The highest BCUT2D eigenvalue weighted by atomic mass is 16.5. The van der Waals surface area contributed by atoms with E-state index in [2.05, 4.69) is 28.9 Å². The van der Waals surface area contributed by atoms with Crippen LogP contribution >= 0.6 is 0 Å². The van der Waals surface area contributed by atoms with E-state index in [9.17, 15) is 4.79 Å². The monoisotopic (exact) mass is 328 g/mol. The first-order valence-electron chi connectivity index (χ1n) is 8.50. The standard InChI is InChI=1S/C18H24N4O2/c1-14(2)12-16-19-17(24-20-16)13-21-8-10-22(11-9-21)18(23)15-6-4-3-5-7-15/h3-7,14H,8-13H2,1-2H3. The molecular formula is C18H24N4O2. The van der Waals surface area contributed by atoms with Crippen LogP contribution in [0.25, 0.3) is 0 Å². The van der Waals surface area contributed by atoms with Crippen LogP contribution in [-0.2, 0) is 13.0 Å². The largest absolute Gasteiger partial charge is 0.338 e. The Morgan fingerprint density at radius 1 is 1.17 bits per heavy atom. The van der Waals surface area contributed by atoms with Gasteiger partial charge in [-0.25, -0.2) is 0 Å². The van der Waals surface area contributed by atoms with Crippen molar-refractivity contribution in [2.24, 2.45) is 5.92 Å². The molecule has 1 fully saturated rings. The average Bonchev–Trinajstić information content (AvgIpc) is 3.02. The number of carbonyl (C=O) groups excluding carboxylic acids is 1. The van der Waals surface area contributed by atoms with E-state index in [-0.39, 0.29) is 5.91 Å². The number of aromatic nitrogens is 2. The maximum atomic E-state index is 12.4. The molecule has 1 saturated heterocycles. The molecule has 1 aromatic heterocycles. The Balaban J connectivity index is 1.50. The van der Waals surface area contributed by atoms with Gasteiger partial charge < -0.3 is 9.42 Å². The van der Waals surface area contributed by atoms with Gasteiger partial charge in [0.1, 0.15) is 0 Å². The molecule has 1 aliphatic rings. The molecule has 2 aromatic rings. The minimum absolute atomic E-state index is 0.104. The summed E-state index contributed by atoms with van der Waals surface area (Å²) in [7, 11) is 0. The lowest BCUT2D eigenvalue weighted by molar-refractivity contribution is 0.0615. The molecule has 0 N–H and O–H groups in total. The minimum atomic E-state index is 0.104. The molecule has 0 atom stereocenters. The molecule has 3 rings (SSSR count). The second-order valence-corrected chi connectivity index (χ2v) is 6.64. The predicted octanol–water partition coefficient (Wildman–Crippen LogP) is 2.23. The normalized spacial score (nSPS) is 15.9. The number of hydrogen-bond acceptors (Lipinski definition) is 5. The fourth-order valence-electron chi connectivity index (χ4n) is 2.87. The quantitative estimate of drug-likeness (QED) is 0.842. The number of benzene rings is 1. The van der Waals surface area contributed by atoms with Crippen molar-refractivity contribution in [3.05, 3.63) is 47.6 Å². The van der Waals surface area contributed by atoms with Gasteiger partial charge >= 0.3 is 0 Å². The topological polar surface area (TPSA) is 62.5 Å². The van der Waals surface area contributed by atoms with E-state index in [1.807, 2.05) is 35.2 Å². The van der Waals surface area contributed by atoms with Crippen molar-refractivity contribution in [3.8, 4) is 0 Å². The summed E-state index contributed by atoms with van der Waals surface area (Å²) in [6.45, 7) is 8.01. The molecule has 0 bridgehead atoms. The number of nitrogens with zero attached hydrogens (tertiary/aromatic N) is 4. The zero-order valence-electron chi connectivity index (χ0n) is 14.3. The summed E-state index contributed by atoms with van der Waals surface area (Å²) in [5.74, 6) is 2.06. The van der Waals surface area contributed by atoms with E-state index in [4.69, 9.17) is 4.52 Å². The van der Waals surface area contributed by atoms with Crippen molar-refractivity contribution >= 4 is 5.91 Å². The summed E-state index contributed by atoms with van der Waals surface area (Å²) in [5, 5.41) is 4.03. The van der Waals surface area contributed by atoms with Crippen LogP contribution in [0, 0.1) is 5.92 Å². The minimum Gasteiger partial charge on any atom is -0.338 e. The number of piperazine rings is 1. The summed E-state index contributed by atoms with van der Waals surface area (Å²) in [4.78, 5) is 21.0. The molecular weight excluding hydrogens is 304 g/mol. The van der Waals surface area contributed by atoms with E-state index in [1.54, 1.807) is 0 Å². The number of hydrogen-bond donors (Lipinski definition) is 0. The second kappa shape index (κ2) is 7.57. The van der Waals surface area contributed by atoms with Crippen LogP contribution in [0.5, 0.6) is 0 Å². The molecule has 6 nitrogen and oxygen atoms in total. The summed E-state index contributed by atoms with van der Waals surface area (Å²) in [6.07, 6.45) is 0.836. The molecule has 0 unspecified atom stereocenters. The van der Waals surface area contributed by atoms with Crippen molar-refractivity contribution in [1.29, 1.82) is 0 Å². The summed E-state index contributed by atoms with van der Waals surface area (Å²) < 4.78 is 5.33. The third-order valence-corrected chi connectivity index (χ3v) is 4.14. The van der Waals surface area contributed by atoms with Crippen LogP contribution in [0.4, 0.5) is 0 Å². The molecule has 0 spiro atoms. The van der Waals surface area contributed by atoms with Gasteiger partial charge in [0, 0.05) is 38.2 Å². The fourth-order valence-corrected chi connectivity index (χ4v) is 2.87. The molecule has 1 amide bonds. The second-order valence-electron chi connectivity index (χ2n) is 6.64. The number of carbonyl (C=O) groups is 1. The van der Waals surface area contributed by atoms with Crippen molar-refractivity contribution < 1.29 is 9.32 Å². The van der Waals surface area contributed by atoms with Crippen LogP contribution in [0.2, 0.25) is 0 Å². The predicted molar refractivity (Wildman–Crippen MR) is 90.5 cm³/mol. The molecule has 0 radical (unpaired) electrons. The van der Waals surface area contributed by atoms with Crippen LogP contribution in [0.3, 0.4) is 0 Å². The van der Waals surface area contributed by atoms with E-state index in [0.717, 1.165) is 44.0 Å². The Bertz CT molecular complexity index is 661. The Labute approximate surface area is 142 Å². The van der Waals surface area contributed by atoms with Crippen molar-refractivity contribution in [1.82, 2.24) is 19.9 Å². The third kappa shape index (κ3) is 4.20. The lowest BCUT2D eigenvalue weighted by Crippen LogP contribution is -2.48. The van der Waals surface area contributed by atoms with Crippen LogP contribution in [0.1, 0.15) is 35.9 Å². The van der Waals surface area contributed by atoms with Crippen LogP contribution < -0.4 is 0 Å². The van der Waals surface area contributed by atoms with E-state index in [1.165, 1.54) is 0 Å². The van der Waals surface area contributed by atoms with Crippen molar-refractivity contribution in [2.45, 2.75) is 26.8 Å². The van der Waals surface area contributed by atoms with Gasteiger partial charge in [0.2, 0.25) is 5.89 Å². The lowest BCUT2D eigenvalue weighted by atomic mass is 10.1. The molecule has 128 valence electrons. The molecule has 1 aromatic carbocycles. The third-order valence-electron chi connectivity index (χ3n) is 4.14. The first-order valence-corrected chi connectivity index (χ1v) is 8.50. The van der Waals surface area contributed by atoms with Gasteiger partial charge in [0.15, 0.2) is 5.82 Å². The SMILES string of the molecule is CC(C)Cc1noc(CN2CCN(C(=O)c3ccccc3)CC2)n1. The van der Waals surface area contributed by atoms with Crippen molar-refractivity contribution in [3.63, 3.8) is 0 Å². The molecule has 24 heavy (non-hydrogen) atoms. The highest BCUT2D eigenvalue weighted by molar-refractivity contribution is 5.94. The van der Waals surface area contributed by atoms with Gasteiger partial charge in [-0.2, -0.15) is 4.98 Å². The molecule has 1 aliphatic heterocycles. The number of rotatable bonds is 5. The Morgan fingerprint density at radius 3 is 2.54 bits per heavy atom. The van der Waals surface area contributed by atoms with Crippen molar-refractivity contribution in [2.75, 3.05) is 26.2 Å². The maximum Gasteiger partial charge on any atom is 0.253 e. The van der Waals surface area contributed by atoms with Gasteiger partial charge in [0.25, 0.3) is 5.91 Å². The zero-order valence-corrected chi connectivity index (χ0v) is 14.3. The number of amides is 1. The highest BCUT2D eigenvalue weighted by Gasteiger charge is 2.23. The fraction of sp³-hybridized carbons (Fsp3) is 0.500. The molecule has 2 heterocycles. The van der Waals surface area contributed by atoms with Crippen LogP contribution in [-0.4, -0.2) is 52.0 Å². The van der Waals surface area contributed by atoms with E-state index >= 15 is 0 Å². The van der Waals surface area contributed by atoms with E-state index in [0.29, 0.717) is 18.4 Å². The van der Waals surface area contributed by atoms with Gasteiger partial charge in [-0.05, 0) is 18.1 Å². The van der Waals surface area contributed by atoms with Crippen LogP contribution in [0.15, 0.2) is 34.9 Å². The average molecular weight is 328 g/mol. The van der Waals surface area contributed by atoms with Gasteiger partial charge in [-0.1, -0.05) is 37.2 Å². The summed E-state index contributed by atoms with van der Waals surface area (Å²) >= 11 is 0. The first-order chi connectivity index (χ1) is 11.6. The maximum absolute atomic E-state index is 12.4. The smallest absolute Gasteiger partial charge is 0.253 e. The van der Waals surface area contributed by atoms with E-state index < -0.39 is 0 Å². The zero-order chi connectivity index (χ0) is 16.9. The highest BCUT2D eigenvalue weighted by Crippen LogP contribution is 2.12. The Hall–Kier alpha value is -2.21. The molecule has 0 saturated carbocycles. The lowest BCUT2D eigenvalue weighted by Gasteiger charge is -2.34. The summed E-state index contributed by atoms with van der Waals surface area (Å²) in [5.41, 5.74) is 0.751. The Morgan fingerprint density at radius 2 is 1.88 bits per heavy atom. The molecule has 0 aliphatic carbocycles. The molecule has 6 heteroatoms. The van der Waals surface area contributed by atoms with Gasteiger partial charge in [-0.15, -0.1) is 0 Å². The Kier molecular flexibility index (Phi) is 5.25.